The average Bonchev–Trinajstić information content (AvgIpc) is 3.13. The summed E-state index contributed by atoms with van der Waals surface area (Å²) in [6.45, 7) is 10.2. The van der Waals surface area contributed by atoms with Gasteiger partial charge in [0.2, 0.25) is 5.91 Å². The number of benzene rings is 2. The third-order valence-electron chi connectivity index (χ3n) is 6.12. The van der Waals surface area contributed by atoms with Gasteiger partial charge >= 0.3 is 0 Å². The smallest absolute Gasteiger partial charge is 0.228 e. The van der Waals surface area contributed by atoms with E-state index in [-0.39, 0.29) is 5.91 Å². The lowest BCUT2D eigenvalue weighted by molar-refractivity contribution is -0.118. The van der Waals surface area contributed by atoms with Gasteiger partial charge in [-0.15, -0.1) is 0 Å². The molecule has 2 heterocycles. The highest BCUT2D eigenvalue weighted by Crippen LogP contribution is 2.28. The average molecular weight is 364 g/mol. The van der Waals surface area contributed by atoms with Gasteiger partial charge in [-0.05, 0) is 49.1 Å². The van der Waals surface area contributed by atoms with Crippen molar-refractivity contribution in [1.29, 1.82) is 0 Å². The molecule has 4 nitrogen and oxygen atoms in total. The number of hydrogen-bond acceptors (Lipinski definition) is 3. The summed E-state index contributed by atoms with van der Waals surface area (Å²) in [5, 5.41) is 0. The fourth-order valence-electron chi connectivity index (χ4n) is 4.28. The molecule has 1 saturated heterocycles. The maximum absolute atomic E-state index is 12.7. The molecule has 0 spiro atoms. The van der Waals surface area contributed by atoms with E-state index in [0.717, 1.165) is 51.4 Å². The van der Waals surface area contributed by atoms with Gasteiger partial charge in [-0.25, -0.2) is 0 Å². The number of hydrogen-bond donors (Lipinski definition) is 0. The van der Waals surface area contributed by atoms with Gasteiger partial charge in [-0.2, -0.15) is 0 Å². The molecule has 2 aliphatic rings. The molecule has 0 saturated carbocycles. The monoisotopic (exact) mass is 363 g/mol. The van der Waals surface area contributed by atoms with E-state index in [1.807, 2.05) is 11.0 Å². The van der Waals surface area contributed by atoms with Crippen LogP contribution in [0.4, 0.5) is 11.4 Å². The van der Waals surface area contributed by atoms with Gasteiger partial charge in [0.05, 0.1) is 0 Å². The topological polar surface area (TPSA) is 26.8 Å². The lowest BCUT2D eigenvalue weighted by Gasteiger charge is -2.37. The Morgan fingerprint density at radius 3 is 2.44 bits per heavy atom. The molecule has 4 rings (SSSR count). The highest BCUT2D eigenvalue weighted by molar-refractivity contribution is 5.95. The fraction of sp³-hybridized carbons (Fsp3) is 0.435. The van der Waals surface area contributed by atoms with Gasteiger partial charge in [0.25, 0.3) is 0 Å². The summed E-state index contributed by atoms with van der Waals surface area (Å²) >= 11 is 0. The van der Waals surface area contributed by atoms with Crippen molar-refractivity contribution >= 4 is 17.3 Å². The Morgan fingerprint density at radius 1 is 0.889 bits per heavy atom. The number of anilines is 2. The van der Waals surface area contributed by atoms with Crippen LogP contribution in [0.3, 0.4) is 0 Å². The third kappa shape index (κ3) is 3.72. The zero-order valence-corrected chi connectivity index (χ0v) is 16.4. The highest BCUT2D eigenvalue weighted by atomic mass is 16.2. The van der Waals surface area contributed by atoms with Crippen molar-refractivity contribution in [2.24, 2.45) is 0 Å². The van der Waals surface area contributed by atoms with Crippen LogP contribution < -0.4 is 9.80 Å². The lowest BCUT2D eigenvalue weighted by atomic mass is 10.1. The molecule has 2 aliphatic heterocycles. The van der Waals surface area contributed by atoms with Gasteiger partial charge in [0, 0.05) is 57.1 Å². The Hall–Kier alpha value is -2.33. The van der Waals surface area contributed by atoms with Crippen LogP contribution in [-0.2, 0) is 11.2 Å². The molecule has 1 fully saturated rings. The molecule has 1 amide bonds. The van der Waals surface area contributed by atoms with Crippen LogP contribution in [0.1, 0.15) is 23.1 Å². The highest BCUT2D eigenvalue weighted by Gasteiger charge is 2.25. The maximum atomic E-state index is 12.7. The minimum Gasteiger partial charge on any atom is -0.369 e. The van der Waals surface area contributed by atoms with E-state index in [0.29, 0.717) is 6.42 Å². The first-order chi connectivity index (χ1) is 13.1. The van der Waals surface area contributed by atoms with Crippen molar-refractivity contribution in [2.45, 2.75) is 26.7 Å². The third-order valence-corrected chi connectivity index (χ3v) is 6.12. The van der Waals surface area contributed by atoms with E-state index in [4.69, 9.17) is 0 Å². The van der Waals surface area contributed by atoms with Crippen LogP contribution in [0.2, 0.25) is 0 Å². The van der Waals surface area contributed by atoms with Crippen molar-refractivity contribution in [3.8, 4) is 0 Å². The van der Waals surface area contributed by atoms with Crippen LogP contribution in [0.15, 0.2) is 42.5 Å². The second-order valence-electron chi connectivity index (χ2n) is 7.72. The Morgan fingerprint density at radius 2 is 1.63 bits per heavy atom. The second-order valence-corrected chi connectivity index (χ2v) is 7.72. The fourth-order valence-corrected chi connectivity index (χ4v) is 4.28. The number of nitrogens with zero attached hydrogens (tertiary/aromatic N) is 3. The molecular weight excluding hydrogens is 334 g/mol. The first-order valence-electron chi connectivity index (χ1n) is 10.1. The maximum Gasteiger partial charge on any atom is 0.228 e. The first-order valence-corrected chi connectivity index (χ1v) is 10.1. The molecule has 0 bridgehead atoms. The number of aryl methyl sites for hydroxylation is 1. The quantitative estimate of drug-likeness (QED) is 0.833. The standard InChI is InChI=1S/C23H29N3O/c1-18-6-5-9-21(19(18)2)25-16-14-24(15-17-25)12-11-23(27)26-13-10-20-7-3-4-8-22(20)26/h3-9H,10-17H2,1-2H3. The number of rotatable bonds is 4. The first kappa shape index (κ1) is 18.1. The number of carbonyl (C=O) groups excluding carboxylic acids is 1. The van der Waals surface area contributed by atoms with Crippen molar-refractivity contribution in [3.63, 3.8) is 0 Å². The van der Waals surface area contributed by atoms with E-state index < -0.39 is 0 Å². The van der Waals surface area contributed by atoms with Gasteiger partial charge in [-0.1, -0.05) is 30.3 Å². The van der Waals surface area contributed by atoms with Crippen molar-refractivity contribution in [1.82, 2.24) is 4.90 Å². The summed E-state index contributed by atoms with van der Waals surface area (Å²) in [5.74, 6) is 0.261. The molecule has 0 N–H and O–H groups in total. The number of para-hydroxylation sites is 1. The predicted molar refractivity (Wildman–Crippen MR) is 112 cm³/mol. The zero-order chi connectivity index (χ0) is 18.8. The summed E-state index contributed by atoms with van der Waals surface area (Å²) in [4.78, 5) is 19.6. The van der Waals surface area contributed by atoms with Crippen molar-refractivity contribution < 1.29 is 4.79 Å². The molecule has 0 radical (unpaired) electrons. The summed E-state index contributed by atoms with van der Waals surface area (Å²) < 4.78 is 0. The van der Waals surface area contributed by atoms with Crippen LogP contribution in [0.25, 0.3) is 0 Å². The van der Waals surface area contributed by atoms with Gasteiger partial charge in [-0.3, -0.25) is 9.69 Å². The van der Waals surface area contributed by atoms with Crippen molar-refractivity contribution in [3.05, 3.63) is 59.2 Å². The minimum atomic E-state index is 0.261. The van der Waals surface area contributed by atoms with Crippen LogP contribution in [-0.4, -0.2) is 50.1 Å². The Kier molecular flexibility index (Phi) is 5.17. The number of carbonyl (C=O) groups is 1. The summed E-state index contributed by atoms with van der Waals surface area (Å²) in [6, 6.07) is 14.8. The van der Waals surface area contributed by atoms with Crippen molar-refractivity contribution in [2.75, 3.05) is 49.1 Å². The number of piperazine rings is 1. The van der Waals surface area contributed by atoms with E-state index >= 15 is 0 Å². The van der Waals surface area contributed by atoms with Gasteiger partial charge < -0.3 is 9.80 Å². The molecule has 0 aromatic heterocycles. The summed E-state index contributed by atoms with van der Waals surface area (Å²) in [5.41, 5.74) is 6.51. The minimum absolute atomic E-state index is 0.261. The molecule has 142 valence electrons. The molecule has 2 aromatic carbocycles. The van der Waals surface area contributed by atoms with E-state index in [9.17, 15) is 4.79 Å². The Bertz CT molecular complexity index is 824. The molecular formula is C23H29N3O. The number of amides is 1. The van der Waals surface area contributed by atoms with Gasteiger partial charge in [0.15, 0.2) is 0 Å². The molecule has 2 aromatic rings. The SMILES string of the molecule is Cc1cccc(N2CCN(CCC(=O)N3CCc4ccccc43)CC2)c1C. The van der Waals surface area contributed by atoms with Crippen LogP contribution in [0, 0.1) is 13.8 Å². The molecule has 0 atom stereocenters. The largest absolute Gasteiger partial charge is 0.369 e. The molecule has 0 aliphatic carbocycles. The second kappa shape index (κ2) is 7.73. The molecule has 4 heteroatoms. The predicted octanol–water partition coefficient (Wildman–Crippen LogP) is 3.40. The molecule has 0 unspecified atom stereocenters. The van der Waals surface area contributed by atoms with E-state index in [2.05, 4.69) is 60.0 Å². The lowest BCUT2D eigenvalue weighted by Crippen LogP contribution is -2.47. The summed E-state index contributed by atoms with van der Waals surface area (Å²) in [7, 11) is 0. The number of fused-ring (bicyclic) bond motifs is 1. The molecule has 27 heavy (non-hydrogen) atoms. The van der Waals surface area contributed by atoms with Gasteiger partial charge in [0.1, 0.15) is 0 Å². The Balaban J connectivity index is 1.29. The normalized spacial score (nSPS) is 17.3. The van der Waals surface area contributed by atoms with E-state index in [1.165, 1.54) is 22.4 Å². The van der Waals surface area contributed by atoms with Crippen LogP contribution >= 0.6 is 0 Å². The van der Waals surface area contributed by atoms with E-state index in [1.54, 1.807) is 0 Å². The zero-order valence-electron chi connectivity index (χ0n) is 16.4. The van der Waals surface area contributed by atoms with Crippen LogP contribution in [0.5, 0.6) is 0 Å². The Labute approximate surface area is 162 Å². The summed E-state index contributed by atoms with van der Waals surface area (Å²) in [6.07, 6.45) is 1.59.